The molecule has 92 valence electrons. The van der Waals surface area contributed by atoms with Crippen molar-refractivity contribution < 1.29 is 14.6 Å². The monoisotopic (exact) mass is 227 g/mol. The molecule has 0 bridgehead atoms. The van der Waals surface area contributed by atoms with E-state index in [2.05, 4.69) is 6.58 Å². The van der Waals surface area contributed by atoms with Crippen molar-refractivity contribution in [2.24, 2.45) is 5.92 Å². The van der Waals surface area contributed by atoms with E-state index in [1.807, 2.05) is 25.7 Å². The van der Waals surface area contributed by atoms with Crippen LogP contribution in [-0.4, -0.2) is 34.7 Å². The number of likely N-dealkylation sites (tertiary alicyclic amines) is 1. The topological polar surface area (TPSA) is 49.8 Å². The number of carbonyl (C=O) groups is 1. The zero-order valence-corrected chi connectivity index (χ0v) is 10.3. The summed E-state index contributed by atoms with van der Waals surface area (Å²) in [5.74, 6) is -0.444. The highest BCUT2D eigenvalue weighted by atomic mass is 16.5. The summed E-state index contributed by atoms with van der Waals surface area (Å²) in [6, 6.07) is 0. The number of hydrogen-bond acceptors (Lipinski definition) is 3. The first-order valence-corrected chi connectivity index (χ1v) is 5.65. The van der Waals surface area contributed by atoms with E-state index in [-0.39, 0.29) is 11.5 Å². The second-order valence-electron chi connectivity index (χ2n) is 5.23. The van der Waals surface area contributed by atoms with Crippen molar-refractivity contribution in [1.29, 1.82) is 0 Å². The smallest absolute Gasteiger partial charge is 0.308 e. The fourth-order valence-corrected chi connectivity index (χ4v) is 1.82. The lowest BCUT2D eigenvalue weighted by Crippen LogP contribution is -2.40. The Morgan fingerprint density at radius 1 is 1.50 bits per heavy atom. The third kappa shape index (κ3) is 3.76. The summed E-state index contributed by atoms with van der Waals surface area (Å²) in [4.78, 5) is 12.8. The standard InChI is InChI=1S/C12H21NO3/c1-9(16-12(2,3)4)13-7-5-6-10(8-13)11(14)15/h10H,1,5-8H2,2-4H3,(H,14,15). The molecule has 1 rings (SSSR count). The first-order chi connectivity index (χ1) is 7.29. The van der Waals surface area contributed by atoms with E-state index in [1.165, 1.54) is 0 Å². The minimum absolute atomic E-state index is 0.284. The molecule has 0 saturated carbocycles. The molecular formula is C12H21NO3. The number of ether oxygens (including phenoxy) is 1. The number of aliphatic carboxylic acids is 1. The highest BCUT2D eigenvalue weighted by molar-refractivity contribution is 5.70. The van der Waals surface area contributed by atoms with Gasteiger partial charge >= 0.3 is 5.97 Å². The molecule has 1 atom stereocenters. The Balaban J connectivity index is 2.54. The Kier molecular flexibility index (Phi) is 3.83. The Hall–Kier alpha value is -1.19. The number of piperidine rings is 1. The quantitative estimate of drug-likeness (QED) is 0.750. The predicted molar refractivity (Wildman–Crippen MR) is 61.9 cm³/mol. The number of hydrogen-bond donors (Lipinski definition) is 1. The van der Waals surface area contributed by atoms with Crippen molar-refractivity contribution in [3.8, 4) is 0 Å². The van der Waals surface area contributed by atoms with Gasteiger partial charge < -0.3 is 14.7 Å². The van der Waals surface area contributed by atoms with Gasteiger partial charge in [0, 0.05) is 13.1 Å². The van der Waals surface area contributed by atoms with Gasteiger partial charge in [-0.25, -0.2) is 0 Å². The van der Waals surface area contributed by atoms with Gasteiger partial charge in [0.1, 0.15) is 5.60 Å². The van der Waals surface area contributed by atoms with Gasteiger partial charge in [0.2, 0.25) is 0 Å². The molecule has 1 fully saturated rings. The van der Waals surface area contributed by atoms with Crippen molar-refractivity contribution in [2.45, 2.75) is 39.2 Å². The van der Waals surface area contributed by atoms with Gasteiger partial charge in [0.25, 0.3) is 0 Å². The fraction of sp³-hybridized carbons (Fsp3) is 0.750. The maximum Gasteiger partial charge on any atom is 0.308 e. The second-order valence-corrected chi connectivity index (χ2v) is 5.23. The molecule has 0 aliphatic carbocycles. The van der Waals surface area contributed by atoms with Crippen LogP contribution in [0.5, 0.6) is 0 Å². The van der Waals surface area contributed by atoms with Crippen LogP contribution in [0, 0.1) is 5.92 Å². The molecule has 4 nitrogen and oxygen atoms in total. The molecule has 0 aromatic rings. The molecular weight excluding hydrogens is 206 g/mol. The normalized spacial score (nSPS) is 21.7. The predicted octanol–water partition coefficient (Wildman–Crippen LogP) is 2.07. The van der Waals surface area contributed by atoms with E-state index in [9.17, 15) is 4.79 Å². The summed E-state index contributed by atoms with van der Waals surface area (Å²) >= 11 is 0. The number of nitrogens with zero attached hydrogens (tertiary/aromatic N) is 1. The number of carboxylic acids is 1. The van der Waals surface area contributed by atoms with Crippen molar-refractivity contribution in [1.82, 2.24) is 4.90 Å². The van der Waals surface area contributed by atoms with Gasteiger partial charge in [-0.15, -0.1) is 0 Å². The van der Waals surface area contributed by atoms with E-state index >= 15 is 0 Å². The molecule has 0 aromatic heterocycles. The average Bonchev–Trinajstić information content (AvgIpc) is 2.15. The molecule has 1 heterocycles. The molecule has 0 aromatic carbocycles. The van der Waals surface area contributed by atoms with Crippen molar-refractivity contribution in [3.63, 3.8) is 0 Å². The molecule has 1 saturated heterocycles. The van der Waals surface area contributed by atoms with E-state index in [0.29, 0.717) is 12.4 Å². The summed E-state index contributed by atoms with van der Waals surface area (Å²) in [7, 11) is 0. The second kappa shape index (κ2) is 4.76. The zero-order valence-electron chi connectivity index (χ0n) is 10.3. The highest BCUT2D eigenvalue weighted by Gasteiger charge is 2.27. The van der Waals surface area contributed by atoms with E-state index in [1.54, 1.807) is 0 Å². The van der Waals surface area contributed by atoms with Gasteiger partial charge in [-0.3, -0.25) is 4.79 Å². The van der Waals surface area contributed by atoms with Crippen molar-refractivity contribution >= 4 is 5.97 Å². The summed E-state index contributed by atoms with van der Waals surface area (Å²) in [6.07, 6.45) is 1.62. The Labute approximate surface area is 96.9 Å². The fourth-order valence-electron chi connectivity index (χ4n) is 1.82. The average molecular weight is 227 g/mol. The number of rotatable bonds is 3. The Morgan fingerprint density at radius 2 is 2.12 bits per heavy atom. The van der Waals surface area contributed by atoms with Gasteiger partial charge in [-0.1, -0.05) is 0 Å². The van der Waals surface area contributed by atoms with Crippen LogP contribution in [0.25, 0.3) is 0 Å². The van der Waals surface area contributed by atoms with Crippen LogP contribution >= 0.6 is 0 Å². The lowest BCUT2D eigenvalue weighted by atomic mass is 9.98. The Morgan fingerprint density at radius 3 is 2.62 bits per heavy atom. The molecule has 0 amide bonds. The van der Waals surface area contributed by atoms with Gasteiger partial charge in [0.15, 0.2) is 5.88 Å². The van der Waals surface area contributed by atoms with Crippen LogP contribution in [0.1, 0.15) is 33.6 Å². The summed E-state index contributed by atoms with van der Waals surface area (Å²) in [5.41, 5.74) is -0.284. The lowest BCUT2D eigenvalue weighted by Gasteiger charge is -2.36. The van der Waals surface area contributed by atoms with Crippen molar-refractivity contribution in [2.75, 3.05) is 13.1 Å². The van der Waals surface area contributed by atoms with Gasteiger partial charge in [-0.05, 0) is 40.2 Å². The largest absolute Gasteiger partial charge is 0.481 e. The maximum absolute atomic E-state index is 10.9. The summed E-state index contributed by atoms with van der Waals surface area (Å²) in [5, 5.41) is 8.97. The van der Waals surface area contributed by atoms with Crippen LogP contribution in [0.15, 0.2) is 12.5 Å². The van der Waals surface area contributed by atoms with E-state index in [4.69, 9.17) is 9.84 Å². The molecule has 0 spiro atoms. The molecule has 1 aliphatic rings. The zero-order chi connectivity index (χ0) is 12.3. The molecule has 1 unspecified atom stereocenters. The Bertz CT molecular complexity index is 280. The lowest BCUT2D eigenvalue weighted by molar-refractivity contribution is -0.143. The first kappa shape index (κ1) is 12.9. The minimum Gasteiger partial charge on any atom is -0.481 e. The third-order valence-corrected chi connectivity index (χ3v) is 2.55. The summed E-state index contributed by atoms with van der Waals surface area (Å²) < 4.78 is 5.64. The van der Waals surface area contributed by atoms with E-state index in [0.717, 1.165) is 19.4 Å². The molecule has 0 radical (unpaired) electrons. The minimum atomic E-state index is -0.728. The van der Waals surface area contributed by atoms with Crippen LogP contribution in [-0.2, 0) is 9.53 Å². The van der Waals surface area contributed by atoms with E-state index < -0.39 is 5.97 Å². The van der Waals surface area contributed by atoms with Crippen molar-refractivity contribution in [3.05, 3.63) is 12.5 Å². The first-order valence-electron chi connectivity index (χ1n) is 5.65. The summed E-state index contributed by atoms with van der Waals surface area (Å²) in [6.45, 7) is 11.1. The van der Waals surface area contributed by atoms with Crippen LogP contribution in [0.3, 0.4) is 0 Å². The van der Waals surface area contributed by atoms with Gasteiger partial charge in [-0.2, -0.15) is 0 Å². The highest BCUT2D eigenvalue weighted by Crippen LogP contribution is 2.22. The SMILES string of the molecule is C=C(OC(C)(C)C)N1CCCC(C(=O)O)C1. The maximum atomic E-state index is 10.9. The van der Waals surface area contributed by atoms with Gasteiger partial charge in [0.05, 0.1) is 5.92 Å². The molecule has 1 N–H and O–H groups in total. The number of carboxylic acid groups (broad SMARTS) is 1. The molecule has 1 aliphatic heterocycles. The van der Waals surface area contributed by atoms with Crippen LogP contribution in [0.4, 0.5) is 0 Å². The van der Waals surface area contributed by atoms with Crippen LogP contribution < -0.4 is 0 Å². The molecule has 16 heavy (non-hydrogen) atoms. The van der Waals surface area contributed by atoms with Crippen LogP contribution in [0.2, 0.25) is 0 Å². The molecule has 4 heteroatoms. The third-order valence-electron chi connectivity index (χ3n) is 2.55.